The van der Waals surface area contributed by atoms with Crippen LogP contribution in [0.1, 0.15) is 11.1 Å². The number of rotatable bonds is 3. The van der Waals surface area contributed by atoms with E-state index >= 15 is 0 Å². The molecule has 2 aromatic rings. The largest absolute Gasteiger partial charge is 0.490 e. The van der Waals surface area contributed by atoms with Crippen molar-refractivity contribution in [2.75, 3.05) is 18.2 Å². The van der Waals surface area contributed by atoms with Crippen LogP contribution < -0.4 is 15.8 Å². The highest BCUT2D eigenvalue weighted by molar-refractivity contribution is 5.69. The summed E-state index contributed by atoms with van der Waals surface area (Å²) in [5.41, 5.74) is 6.86. The van der Waals surface area contributed by atoms with E-state index in [1.54, 1.807) is 18.2 Å². The van der Waals surface area contributed by atoms with Gasteiger partial charge in [-0.3, -0.25) is 0 Å². The molecule has 0 saturated carbocycles. The van der Waals surface area contributed by atoms with Gasteiger partial charge in [-0.25, -0.2) is 9.97 Å². The number of nitrogens with two attached hydrogens (primary N) is 1. The van der Waals surface area contributed by atoms with Crippen molar-refractivity contribution in [3.05, 3.63) is 35.7 Å². The van der Waals surface area contributed by atoms with Gasteiger partial charge < -0.3 is 15.8 Å². The highest BCUT2D eigenvalue weighted by Gasteiger charge is 2.10. The lowest BCUT2D eigenvalue weighted by molar-refractivity contribution is 0.415. The van der Waals surface area contributed by atoms with E-state index < -0.39 is 0 Å². The zero-order valence-electron chi connectivity index (χ0n) is 10.6. The Balaban J connectivity index is 2.39. The second-order valence-corrected chi connectivity index (χ2v) is 3.75. The van der Waals surface area contributed by atoms with Crippen LogP contribution in [0.15, 0.2) is 24.5 Å². The fourth-order valence-corrected chi connectivity index (χ4v) is 1.63. The molecule has 7 nitrogen and oxygen atoms in total. The Hall–Kier alpha value is -3.32. The molecule has 0 atom stereocenters. The van der Waals surface area contributed by atoms with Gasteiger partial charge in [0.25, 0.3) is 0 Å². The minimum atomic E-state index is 0.208. The van der Waals surface area contributed by atoms with Crippen LogP contribution in [0.3, 0.4) is 0 Å². The fourth-order valence-electron chi connectivity index (χ4n) is 1.63. The van der Waals surface area contributed by atoms with Crippen molar-refractivity contribution >= 4 is 17.3 Å². The van der Waals surface area contributed by atoms with Gasteiger partial charge in [0.05, 0.1) is 18.2 Å². The second-order valence-electron chi connectivity index (χ2n) is 3.75. The van der Waals surface area contributed by atoms with Crippen LogP contribution in [0, 0.1) is 22.7 Å². The van der Waals surface area contributed by atoms with Crippen LogP contribution in [-0.4, -0.2) is 17.1 Å². The molecule has 0 amide bonds. The Morgan fingerprint density at radius 3 is 2.60 bits per heavy atom. The van der Waals surface area contributed by atoms with E-state index in [-0.39, 0.29) is 11.4 Å². The molecule has 0 aliphatic rings. The molecule has 0 radical (unpaired) electrons. The van der Waals surface area contributed by atoms with Gasteiger partial charge in [0.15, 0.2) is 11.6 Å². The quantitative estimate of drug-likeness (QED) is 0.864. The van der Waals surface area contributed by atoms with Crippen LogP contribution in [0.4, 0.5) is 17.3 Å². The standard InChI is InChI=1S/C13H10N6O/c1-20-11-12(16)17-7-18-13(11)19-10-3-2-8(5-14)9(4-10)6-15/h2-4,7H,1H3,(H3,16,17,18,19). The van der Waals surface area contributed by atoms with Crippen molar-refractivity contribution in [3.8, 4) is 17.9 Å². The number of hydrogen-bond donors (Lipinski definition) is 2. The number of aromatic nitrogens is 2. The lowest BCUT2D eigenvalue weighted by Gasteiger charge is -2.11. The van der Waals surface area contributed by atoms with Crippen molar-refractivity contribution < 1.29 is 4.74 Å². The molecule has 1 aromatic carbocycles. The van der Waals surface area contributed by atoms with E-state index in [1.165, 1.54) is 13.4 Å². The molecule has 1 aromatic heterocycles. The van der Waals surface area contributed by atoms with Gasteiger partial charge in [-0.15, -0.1) is 0 Å². The van der Waals surface area contributed by atoms with Gasteiger partial charge in [0, 0.05) is 5.69 Å². The highest BCUT2D eigenvalue weighted by atomic mass is 16.5. The molecular weight excluding hydrogens is 256 g/mol. The molecule has 3 N–H and O–H groups in total. The van der Waals surface area contributed by atoms with Crippen LogP contribution in [-0.2, 0) is 0 Å². The number of anilines is 3. The third-order valence-electron chi connectivity index (χ3n) is 2.56. The molecular formula is C13H10N6O. The molecule has 0 bridgehead atoms. The minimum Gasteiger partial charge on any atom is -0.490 e. The topological polar surface area (TPSA) is 121 Å². The number of nitriles is 2. The number of hydrogen-bond acceptors (Lipinski definition) is 7. The molecule has 2 rings (SSSR count). The Kier molecular flexibility index (Phi) is 3.64. The Labute approximate surface area is 115 Å². The first-order valence-corrected chi connectivity index (χ1v) is 5.55. The average molecular weight is 266 g/mol. The van der Waals surface area contributed by atoms with Gasteiger partial charge in [-0.05, 0) is 18.2 Å². The van der Waals surface area contributed by atoms with Crippen LogP contribution in [0.2, 0.25) is 0 Å². The number of methoxy groups -OCH3 is 1. The third kappa shape index (κ3) is 2.42. The molecule has 0 aliphatic carbocycles. The Morgan fingerprint density at radius 1 is 1.20 bits per heavy atom. The molecule has 20 heavy (non-hydrogen) atoms. The van der Waals surface area contributed by atoms with E-state index in [4.69, 9.17) is 21.0 Å². The lowest BCUT2D eigenvalue weighted by Crippen LogP contribution is -2.03. The molecule has 0 saturated heterocycles. The number of nitrogens with zero attached hydrogens (tertiary/aromatic N) is 4. The van der Waals surface area contributed by atoms with Crippen molar-refractivity contribution in [2.24, 2.45) is 0 Å². The SMILES string of the molecule is COc1c(N)ncnc1Nc1ccc(C#N)c(C#N)c1. The van der Waals surface area contributed by atoms with Gasteiger partial charge in [0.2, 0.25) is 5.75 Å². The number of benzene rings is 1. The molecule has 98 valence electrons. The predicted octanol–water partition coefficient (Wildman–Crippen LogP) is 1.55. The smallest absolute Gasteiger partial charge is 0.204 e. The first-order valence-electron chi connectivity index (χ1n) is 5.55. The normalized spacial score (nSPS) is 9.35. The van der Waals surface area contributed by atoms with E-state index in [0.29, 0.717) is 22.8 Å². The van der Waals surface area contributed by atoms with Crippen molar-refractivity contribution in [1.82, 2.24) is 9.97 Å². The average Bonchev–Trinajstić information content (AvgIpc) is 2.47. The van der Waals surface area contributed by atoms with Crippen LogP contribution in [0.25, 0.3) is 0 Å². The molecule has 1 heterocycles. The summed E-state index contributed by atoms with van der Waals surface area (Å²) >= 11 is 0. The van der Waals surface area contributed by atoms with Gasteiger partial charge in [-0.1, -0.05) is 0 Å². The Bertz CT molecular complexity index is 729. The summed E-state index contributed by atoms with van der Waals surface area (Å²) in [5, 5.41) is 20.8. The first-order chi connectivity index (χ1) is 9.69. The molecule has 0 aliphatic heterocycles. The summed E-state index contributed by atoms with van der Waals surface area (Å²) in [5.74, 6) is 0.906. The number of nitrogen functional groups attached to an aromatic ring is 1. The lowest BCUT2D eigenvalue weighted by atomic mass is 10.1. The summed E-state index contributed by atoms with van der Waals surface area (Å²) in [6.07, 6.45) is 1.30. The first kappa shape index (κ1) is 13.1. The maximum Gasteiger partial charge on any atom is 0.204 e. The van der Waals surface area contributed by atoms with Crippen molar-refractivity contribution in [1.29, 1.82) is 10.5 Å². The summed E-state index contributed by atoms with van der Waals surface area (Å²) < 4.78 is 5.12. The summed E-state index contributed by atoms with van der Waals surface area (Å²) in [6.45, 7) is 0. The minimum absolute atomic E-state index is 0.208. The van der Waals surface area contributed by atoms with Crippen LogP contribution >= 0.6 is 0 Å². The fraction of sp³-hybridized carbons (Fsp3) is 0.0769. The second kappa shape index (κ2) is 5.55. The molecule has 0 spiro atoms. The molecule has 0 fully saturated rings. The van der Waals surface area contributed by atoms with Gasteiger partial charge in [0.1, 0.15) is 18.5 Å². The number of ether oxygens (including phenoxy) is 1. The van der Waals surface area contributed by atoms with Gasteiger partial charge in [-0.2, -0.15) is 10.5 Å². The zero-order valence-corrected chi connectivity index (χ0v) is 10.6. The Morgan fingerprint density at radius 2 is 1.95 bits per heavy atom. The maximum absolute atomic E-state index is 8.99. The van der Waals surface area contributed by atoms with E-state index in [2.05, 4.69) is 15.3 Å². The van der Waals surface area contributed by atoms with E-state index in [0.717, 1.165) is 0 Å². The summed E-state index contributed by atoms with van der Waals surface area (Å²) in [4.78, 5) is 7.85. The van der Waals surface area contributed by atoms with Crippen molar-refractivity contribution in [2.45, 2.75) is 0 Å². The molecule has 0 unspecified atom stereocenters. The molecule has 7 heteroatoms. The highest BCUT2D eigenvalue weighted by Crippen LogP contribution is 2.29. The summed E-state index contributed by atoms with van der Waals surface area (Å²) in [6, 6.07) is 8.68. The van der Waals surface area contributed by atoms with E-state index in [1.807, 2.05) is 12.1 Å². The predicted molar refractivity (Wildman–Crippen MR) is 72.2 cm³/mol. The third-order valence-corrected chi connectivity index (χ3v) is 2.56. The summed E-state index contributed by atoms with van der Waals surface area (Å²) in [7, 11) is 1.46. The van der Waals surface area contributed by atoms with Crippen LogP contribution in [0.5, 0.6) is 5.75 Å². The maximum atomic E-state index is 8.99. The number of nitrogens with one attached hydrogen (secondary N) is 1. The van der Waals surface area contributed by atoms with Crippen molar-refractivity contribution in [3.63, 3.8) is 0 Å². The monoisotopic (exact) mass is 266 g/mol. The zero-order chi connectivity index (χ0) is 14.5. The van der Waals surface area contributed by atoms with E-state index in [9.17, 15) is 0 Å². The van der Waals surface area contributed by atoms with Gasteiger partial charge >= 0.3 is 0 Å².